The number of amidine groups is 1. The first-order valence-corrected chi connectivity index (χ1v) is 7.42. The van der Waals surface area contributed by atoms with Crippen LogP contribution in [-0.4, -0.2) is 17.0 Å². The van der Waals surface area contributed by atoms with Gasteiger partial charge >= 0.3 is 0 Å². The quantitative estimate of drug-likeness (QED) is 0.312. The minimum Gasteiger partial charge on any atom is -0.409 e. The molecule has 0 heterocycles. The zero-order valence-electron chi connectivity index (χ0n) is 13.0. The van der Waals surface area contributed by atoms with Crippen LogP contribution >= 0.6 is 0 Å². The first-order valence-electron chi connectivity index (χ1n) is 7.42. The largest absolute Gasteiger partial charge is 0.409 e. The summed E-state index contributed by atoms with van der Waals surface area (Å²) in [6.45, 7) is 6.08. The van der Waals surface area contributed by atoms with Crippen molar-refractivity contribution in [1.29, 1.82) is 0 Å². The van der Waals surface area contributed by atoms with Crippen molar-refractivity contribution in [2.24, 2.45) is 16.8 Å². The van der Waals surface area contributed by atoms with E-state index in [1.54, 1.807) is 12.1 Å². The fourth-order valence-electron chi connectivity index (χ4n) is 2.31. The molecule has 1 rings (SSSR count). The van der Waals surface area contributed by atoms with Crippen LogP contribution in [0, 0.1) is 12.8 Å². The average molecular weight is 291 g/mol. The number of rotatable bonds is 7. The number of carbonyl (C=O) groups is 1. The summed E-state index contributed by atoms with van der Waals surface area (Å²) in [6, 6.07) is 5.34. The predicted molar refractivity (Wildman–Crippen MR) is 85.6 cm³/mol. The Kier molecular flexibility index (Phi) is 6.72. The molecule has 0 aliphatic carbocycles. The molecule has 4 N–H and O–H groups in total. The molecule has 0 aromatic heterocycles. The summed E-state index contributed by atoms with van der Waals surface area (Å²) in [4.78, 5) is 12.4. The van der Waals surface area contributed by atoms with Crippen molar-refractivity contribution in [3.63, 3.8) is 0 Å². The Labute approximate surface area is 126 Å². The van der Waals surface area contributed by atoms with Crippen molar-refractivity contribution >= 4 is 17.4 Å². The SMILES string of the molecule is CCCC(CCC)C(=O)Nc1cc(/C(N)=N/O)ccc1C. The smallest absolute Gasteiger partial charge is 0.227 e. The normalized spacial score (nSPS) is 11.7. The lowest BCUT2D eigenvalue weighted by Gasteiger charge is -2.17. The first kappa shape index (κ1) is 17.0. The number of carbonyl (C=O) groups excluding carboxylic acids is 1. The van der Waals surface area contributed by atoms with Crippen LogP contribution in [0.5, 0.6) is 0 Å². The molecule has 1 aromatic rings. The Hall–Kier alpha value is -2.04. The summed E-state index contributed by atoms with van der Waals surface area (Å²) in [6.07, 6.45) is 3.75. The lowest BCUT2D eigenvalue weighted by molar-refractivity contribution is -0.120. The fourth-order valence-corrected chi connectivity index (χ4v) is 2.31. The number of hydrogen-bond acceptors (Lipinski definition) is 3. The van der Waals surface area contributed by atoms with Crippen molar-refractivity contribution in [1.82, 2.24) is 0 Å². The van der Waals surface area contributed by atoms with Crippen LogP contribution in [0.4, 0.5) is 5.69 Å². The molecule has 21 heavy (non-hydrogen) atoms. The Morgan fingerprint density at radius 3 is 2.48 bits per heavy atom. The van der Waals surface area contributed by atoms with E-state index in [1.807, 2.05) is 13.0 Å². The van der Waals surface area contributed by atoms with Gasteiger partial charge in [-0.15, -0.1) is 0 Å². The summed E-state index contributed by atoms with van der Waals surface area (Å²) in [5.41, 5.74) is 7.83. The molecule has 1 amide bonds. The van der Waals surface area contributed by atoms with Crippen LogP contribution in [0.15, 0.2) is 23.4 Å². The van der Waals surface area contributed by atoms with E-state index < -0.39 is 0 Å². The van der Waals surface area contributed by atoms with E-state index in [4.69, 9.17) is 10.9 Å². The van der Waals surface area contributed by atoms with Gasteiger partial charge in [-0.2, -0.15) is 0 Å². The number of nitrogens with one attached hydrogen (secondary N) is 1. The summed E-state index contributed by atoms with van der Waals surface area (Å²) >= 11 is 0. The van der Waals surface area contributed by atoms with Crippen molar-refractivity contribution < 1.29 is 10.0 Å². The highest BCUT2D eigenvalue weighted by atomic mass is 16.4. The maximum absolute atomic E-state index is 12.4. The molecule has 1 aromatic carbocycles. The van der Waals surface area contributed by atoms with Gasteiger partial charge in [0.2, 0.25) is 5.91 Å². The Bertz CT molecular complexity index is 506. The molecule has 0 aliphatic rings. The van der Waals surface area contributed by atoms with Gasteiger partial charge in [-0.05, 0) is 31.4 Å². The number of hydrogen-bond donors (Lipinski definition) is 3. The zero-order valence-corrected chi connectivity index (χ0v) is 13.0. The van der Waals surface area contributed by atoms with Gasteiger partial charge in [0.15, 0.2) is 5.84 Å². The molecule has 5 nitrogen and oxygen atoms in total. The van der Waals surface area contributed by atoms with Crippen molar-refractivity contribution in [2.45, 2.75) is 46.5 Å². The zero-order chi connectivity index (χ0) is 15.8. The van der Waals surface area contributed by atoms with E-state index in [-0.39, 0.29) is 17.7 Å². The minimum absolute atomic E-state index is 0.0316. The van der Waals surface area contributed by atoms with Crippen LogP contribution in [0.25, 0.3) is 0 Å². The highest BCUT2D eigenvalue weighted by Gasteiger charge is 2.17. The average Bonchev–Trinajstić information content (AvgIpc) is 2.48. The number of nitrogens with two attached hydrogens (primary N) is 1. The number of oxime groups is 1. The topological polar surface area (TPSA) is 87.7 Å². The van der Waals surface area contributed by atoms with Gasteiger partial charge in [0.05, 0.1) is 0 Å². The fraction of sp³-hybridized carbons (Fsp3) is 0.500. The van der Waals surface area contributed by atoms with Crippen LogP contribution in [-0.2, 0) is 4.79 Å². The lowest BCUT2D eigenvalue weighted by Crippen LogP contribution is -2.23. The second-order valence-electron chi connectivity index (χ2n) is 5.28. The molecule has 0 fully saturated rings. The summed E-state index contributed by atoms with van der Waals surface area (Å²) in [5.74, 6) is 0.106. The molecule has 0 saturated heterocycles. The maximum Gasteiger partial charge on any atom is 0.227 e. The summed E-state index contributed by atoms with van der Waals surface area (Å²) in [7, 11) is 0. The monoisotopic (exact) mass is 291 g/mol. The Morgan fingerprint density at radius 1 is 1.33 bits per heavy atom. The molecule has 0 aliphatic heterocycles. The van der Waals surface area contributed by atoms with E-state index in [0.717, 1.165) is 31.2 Å². The molecule has 0 bridgehead atoms. The second-order valence-corrected chi connectivity index (χ2v) is 5.28. The lowest BCUT2D eigenvalue weighted by atomic mass is 9.97. The van der Waals surface area contributed by atoms with Crippen molar-refractivity contribution in [3.05, 3.63) is 29.3 Å². The van der Waals surface area contributed by atoms with Gasteiger partial charge in [-0.3, -0.25) is 4.79 Å². The molecular formula is C16H25N3O2. The Balaban J connectivity index is 2.92. The molecule has 5 heteroatoms. The van der Waals surface area contributed by atoms with E-state index in [0.29, 0.717) is 11.3 Å². The van der Waals surface area contributed by atoms with Crippen molar-refractivity contribution in [2.75, 3.05) is 5.32 Å². The highest BCUT2D eigenvalue weighted by molar-refractivity contribution is 6.00. The number of benzene rings is 1. The molecule has 0 unspecified atom stereocenters. The Morgan fingerprint density at radius 2 is 1.95 bits per heavy atom. The molecular weight excluding hydrogens is 266 g/mol. The van der Waals surface area contributed by atoms with Gasteiger partial charge in [-0.1, -0.05) is 44.0 Å². The van der Waals surface area contributed by atoms with E-state index >= 15 is 0 Å². The van der Waals surface area contributed by atoms with E-state index in [2.05, 4.69) is 24.3 Å². The molecule has 116 valence electrons. The number of amides is 1. The van der Waals surface area contributed by atoms with Crippen molar-refractivity contribution in [3.8, 4) is 0 Å². The van der Waals surface area contributed by atoms with E-state index in [9.17, 15) is 4.79 Å². The van der Waals surface area contributed by atoms with Gasteiger partial charge in [0, 0.05) is 17.2 Å². The molecule has 0 atom stereocenters. The molecule has 0 spiro atoms. The van der Waals surface area contributed by atoms with E-state index in [1.165, 1.54) is 0 Å². The third-order valence-corrected chi connectivity index (χ3v) is 3.54. The van der Waals surface area contributed by atoms with Gasteiger partial charge in [0.1, 0.15) is 0 Å². The highest BCUT2D eigenvalue weighted by Crippen LogP contribution is 2.21. The van der Waals surface area contributed by atoms with Gasteiger partial charge in [-0.25, -0.2) is 0 Å². The minimum atomic E-state index is 0.0316. The standard InChI is InChI=1S/C16H25N3O2/c1-4-6-12(7-5-2)16(20)18-14-10-13(15(17)19-21)9-8-11(14)3/h8-10,12,21H,4-7H2,1-3H3,(H2,17,19)(H,18,20). The van der Waals surface area contributed by atoms with Crippen LogP contribution in [0.2, 0.25) is 0 Å². The third-order valence-electron chi connectivity index (χ3n) is 3.54. The number of nitrogens with zero attached hydrogens (tertiary/aromatic N) is 1. The first-order chi connectivity index (χ1) is 10.0. The molecule has 0 saturated carbocycles. The van der Waals surface area contributed by atoms with Crippen LogP contribution in [0.1, 0.15) is 50.7 Å². The third kappa shape index (κ3) is 4.77. The van der Waals surface area contributed by atoms with Crippen LogP contribution < -0.4 is 11.1 Å². The van der Waals surface area contributed by atoms with Gasteiger partial charge in [0.25, 0.3) is 0 Å². The summed E-state index contributed by atoms with van der Waals surface area (Å²) in [5, 5.41) is 14.7. The second kappa shape index (κ2) is 8.29. The number of anilines is 1. The molecule has 0 radical (unpaired) electrons. The number of aryl methyl sites for hydroxylation is 1. The van der Waals surface area contributed by atoms with Gasteiger partial charge < -0.3 is 16.3 Å². The van der Waals surface area contributed by atoms with Crippen LogP contribution in [0.3, 0.4) is 0 Å². The maximum atomic E-state index is 12.4. The predicted octanol–water partition coefficient (Wildman–Crippen LogP) is 3.24. The summed E-state index contributed by atoms with van der Waals surface area (Å²) < 4.78 is 0.